The van der Waals surface area contributed by atoms with E-state index in [0.717, 1.165) is 6.42 Å². The minimum atomic E-state index is -0.383. The summed E-state index contributed by atoms with van der Waals surface area (Å²) in [5.74, 6) is -0.960. The Labute approximate surface area is 110 Å². The number of rotatable bonds is 2. The number of nitrogens with one attached hydrogen (secondary N) is 1. The first-order valence-corrected chi connectivity index (χ1v) is 6.28. The number of amides is 2. The number of hydrogen-bond donors (Lipinski definition) is 2. The number of carbonyl (C=O) groups excluding carboxylic acids is 2. The monoisotopic (exact) mass is 263 g/mol. The SMILES string of the molecule is CC1CCC(C(N)=O)CN1C(=O)c1cccc(=O)[nH]1. The Balaban J connectivity index is 2.21. The molecule has 0 spiro atoms. The van der Waals surface area contributed by atoms with Crippen LogP contribution in [-0.4, -0.2) is 34.3 Å². The van der Waals surface area contributed by atoms with Crippen molar-refractivity contribution in [1.29, 1.82) is 0 Å². The van der Waals surface area contributed by atoms with E-state index in [2.05, 4.69) is 4.98 Å². The van der Waals surface area contributed by atoms with Gasteiger partial charge in [0.25, 0.3) is 5.91 Å². The van der Waals surface area contributed by atoms with Crippen LogP contribution in [0.5, 0.6) is 0 Å². The van der Waals surface area contributed by atoms with Crippen molar-refractivity contribution in [3.63, 3.8) is 0 Å². The van der Waals surface area contributed by atoms with Crippen LogP contribution in [0.25, 0.3) is 0 Å². The lowest BCUT2D eigenvalue weighted by Gasteiger charge is -2.36. The molecule has 2 rings (SSSR count). The second-order valence-electron chi connectivity index (χ2n) is 4.91. The van der Waals surface area contributed by atoms with Crippen LogP contribution >= 0.6 is 0 Å². The molecule has 19 heavy (non-hydrogen) atoms. The second kappa shape index (κ2) is 5.26. The predicted molar refractivity (Wildman–Crippen MR) is 69.5 cm³/mol. The van der Waals surface area contributed by atoms with Crippen LogP contribution in [0, 0.1) is 5.92 Å². The lowest BCUT2D eigenvalue weighted by molar-refractivity contribution is -0.123. The molecule has 0 bridgehead atoms. The van der Waals surface area contributed by atoms with Crippen LogP contribution in [0.3, 0.4) is 0 Å². The zero-order chi connectivity index (χ0) is 14.0. The number of piperidine rings is 1. The molecule has 0 radical (unpaired) electrons. The van der Waals surface area contributed by atoms with Crippen molar-refractivity contribution in [3.05, 3.63) is 34.2 Å². The second-order valence-corrected chi connectivity index (χ2v) is 4.91. The molecule has 0 aliphatic carbocycles. The Hall–Kier alpha value is -2.11. The van der Waals surface area contributed by atoms with E-state index in [1.54, 1.807) is 11.0 Å². The third-order valence-electron chi connectivity index (χ3n) is 3.54. The molecular weight excluding hydrogens is 246 g/mol. The Morgan fingerprint density at radius 1 is 1.37 bits per heavy atom. The molecule has 2 heterocycles. The molecule has 2 amide bonds. The first kappa shape index (κ1) is 13.3. The zero-order valence-corrected chi connectivity index (χ0v) is 10.8. The van der Waals surface area contributed by atoms with Gasteiger partial charge in [0.1, 0.15) is 5.69 Å². The molecule has 2 unspecified atom stereocenters. The first-order chi connectivity index (χ1) is 8.99. The van der Waals surface area contributed by atoms with Gasteiger partial charge in [-0.3, -0.25) is 14.4 Å². The average molecular weight is 263 g/mol. The molecule has 1 saturated heterocycles. The minimum Gasteiger partial charge on any atom is -0.369 e. The van der Waals surface area contributed by atoms with Gasteiger partial charge in [-0.05, 0) is 25.8 Å². The van der Waals surface area contributed by atoms with Gasteiger partial charge in [0.05, 0.1) is 5.92 Å². The number of aromatic amines is 1. The van der Waals surface area contributed by atoms with E-state index in [0.29, 0.717) is 13.0 Å². The highest BCUT2D eigenvalue weighted by molar-refractivity contribution is 5.93. The van der Waals surface area contributed by atoms with Crippen molar-refractivity contribution in [2.75, 3.05) is 6.54 Å². The predicted octanol–water partition coefficient (Wildman–Crippen LogP) is 0.101. The summed E-state index contributed by atoms with van der Waals surface area (Å²) in [5.41, 5.74) is 5.23. The molecule has 1 fully saturated rings. The molecule has 1 aliphatic rings. The van der Waals surface area contributed by atoms with Crippen molar-refractivity contribution in [2.45, 2.75) is 25.8 Å². The fraction of sp³-hybridized carbons (Fsp3) is 0.462. The lowest BCUT2D eigenvalue weighted by Crippen LogP contribution is -2.49. The first-order valence-electron chi connectivity index (χ1n) is 6.28. The van der Waals surface area contributed by atoms with Crippen molar-refractivity contribution in [1.82, 2.24) is 9.88 Å². The van der Waals surface area contributed by atoms with Crippen molar-refractivity contribution >= 4 is 11.8 Å². The van der Waals surface area contributed by atoms with Crippen LogP contribution in [0.1, 0.15) is 30.3 Å². The number of likely N-dealkylation sites (tertiary alicyclic amines) is 1. The van der Waals surface area contributed by atoms with E-state index < -0.39 is 0 Å². The number of pyridine rings is 1. The van der Waals surface area contributed by atoms with E-state index in [1.807, 2.05) is 6.92 Å². The number of nitrogens with zero attached hydrogens (tertiary/aromatic N) is 1. The largest absolute Gasteiger partial charge is 0.369 e. The standard InChI is InChI=1S/C13H17N3O3/c1-8-5-6-9(12(14)18)7-16(8)13(19)10-3-2-4-11(17)15-10/h2-4,8-9H,5-7H2,1H3,(H2,14,18)(H,15,17). The van der Waals surface area contributed by atoms with E-state index >= 15 is 0 Å². The van der Waals surface area contributed by atoms with Crippen LogP contribution in [0.2, 0.25) is 0 Å². The molecule has 2 atom stereocenters. The summed E-state index contributed by atoms with van der Waals surface area (Å²) in [6.07, 6.45) is 1.43. The van der Waals surface area contributed by atoms with Gasteiger partial charge in [0.15, 0.2) is 0 Å². The number of hydrogen-bond acceptors (Lipinski definition) is 3. The maximum atomic E-state index is 12.3. The van der Waals surface area contributed by atoms with Gasteiger partial charge in [-0.1, -0.05) is 6.07 Å². The highest BCUT2D eigenvalue weighted by Crippen LogP contribution is 2.22. The van der Waals surface area contributed by atoms with Gasteiger partial charge >= 0.3 is 0 Å². The summed E-state index contributed by atoms with van der Waals surface area (Å²) in [5, 5.41) is 0. The Bertz CT molecular complexity index is 552. The van der Waals surface area contributed by atoms with Gasteiger partial charge < -0.3 is 15.6 Å². The molecule has 0 aromatic carbocycles. The number of primary amides is 1. The van der Waals surface area contributed by atoms with Crippen LogP contribution in [0.15, 0.2) is 23.0 Å². The van der Waals surface area contributed by atoms with Gasteiger partial charge in [-0.25, -0.2) is 0 Å². The molecule has 102 valence electrons. The van der Waals surface area contributed by atoms with Crippen molar-refractivity contribution in [3.8, 4) is 0 Å². The smallest absolute Gasteiger partial charge is 0.270 e. The average Bonchev–Trinajstić information content (AvgIpc) is 2.38. The van der Waals surface area contributed by atoms with Gasteiger partial charge in [0.2, 0.25) is 11.5 Å². The summed E-state index contributed by atoms with van der Waals surface area (Å²) in [4.78, 5) is 38.9. The van der Waals surface area contributed by atoms with Crippen molar-refractivity contribution in [2.24, 2.45) is 11.7 Å². The number of carbonyl (C=O) groups is 2. The number of H-pyrrole nitrogens is 1. The molecule has 3 N–H and O–H groups in total. The summed E-state index contributed by atoms with van der Waals surface area (Å²) in [7, 11) is 0. The normalized spacial score (nSPS) is 23.1. The zero-order valence-electron chi connectivity index (χ0n) is 10.8. The fourth-order valence-electron chi connectivity index (χ4n) is 2.35. The topological polar surface area (TPSA) is 96.3 Å². The van der Waals surface area contributed by atoms with Crippen LogP contribution in [0.4, 0.5) is 0 Å². The van der Waals surface area contributed by atoms with E-state index in [4.69, 9.17) is 5.73 Å². The summed E-state index contributed by atoms with van der Waals surface area (Å²) < 4.78 is 0. The summed E-state index contributed by atoms with van der Waals surface area (Å²) in [6.45, 7) is 2.24. The van der Waals surface area contributed by atoms with E-state index in [-0.39, 0.29) is 35.0 Å². The highest BCUT2D eigenvalue weighted by Gasteiger charge is 2.32. The molecule has 0 saturated carbocycles. The quantitative estimate of drug-likeness (QED) is 0.792. The van der Waals surface area contributed by atoms with Crippen molar-refractivity contribution < 1.29 is 9.59 Å². The van der Waals surface area contributed by atoms with Gasteiger partial charge in [0, 0.05) is 18.7 Å². The fourth-order valence-corrected chi connectivity index (χ4v) is 2.35. The molecule has 6 heteroatoms. The molecule has 1 aliphatic heterocycles. The Kier molecular flexibility index (Phi) is 3.69. The van der Waals surface area contributed by atoms with Crippen LogP contribution < -0.4 is 11.3 Å². The summed E-state index contributed by atoms with van der Waals surface area (Å²) in [6, 6.07) is 4.48. The number of nitrogens with two attached hydrogens (primary N) is 1. The van der Waals surface area contributed by atoms with E-state index in [1.165, 1.54) is 12.1 Å². The Morgan fingerprint density at radius 2 is 2.11 bits per heavy atom. The molecular formula is C13H17N3O3. The maximum absolute atomic E-state index is 12.3. The third kappa shape index (κ3) is 2.83. The summed E-state index contributed by atoms with van der Waals surface area (Å²) >= 11 is 0. The minimum absolute atomic E-state index is 0.0341. The number of aromatic nitrogens is 1. The van der Waals surface area contributed by atoms with E-state index in [9.17, 15) is 14.4 Å². The Morgan fingerprint density at radius 3 is 2.74 bits per heavy atom. The lowest BCUT2D eigenvalue weighted by atomic mass is 9.92. The van der Waals surface area contributed by atoms with Gasteiger partial charge in [-0.2, -0.15) is 0 Å². The maximum Gasteiger partial charge on any atom is 0.270 e. The molecule has 1 aromatic heterocycles. The highest BCUT2D eigenvalue weighted by atomic mass is 16.2. The molecule has 1 aromatic rings. The van der Waals surface area contributed by atoms with Crippen LogP contribution in [-0.2, 0) is 4.79 Å². The molecule has 6 nitrogen and oxygen atoms in total. The van der Waals surface area contributed by atoms with Gasteiger partial charge in [-0.15, -0.1) is 0 Å². The third-order valence-corrected chi connectivity index (χ3v) is 3.54.